The van der Waals surface area contributed by atoms with Gasteiger partial charge in [-0.15, -0.1) is 0 Å². The fourth-order valence-electron chi connectivity index (χ4n) is 6.48. The fourth-order valence-corrected chi connectivity index (χ4v) is 6.48. The molecule has 0 aliphatic heterocycles. The van der Waals surface area contributed by atoms with Gasteiger partial charge >= 0.3 is 0 Å². The third kappa shape index (κ3) is 4.97. The van der Waals surface area contributed by atoms with Crippen LogP contribution in [0.1, 0.15) is 0 Å². The van der Waals surface area contributed by atoms with Crippen molar-refractivity contribution in [1.29, 1.82) is 0 Å². The molecule has 7 aromatic carbocycles. The second-order valence-corrected chi connectivity index (χ2v) is 11.9. The topological polar surface area (TPSA) is 51.6 Å². The van der Waals surface area contributed by atoms with E-state index in [-0.39, 0.29) is 0 Å². The van der Waals surface area contributed by atoms with Crippen LogP contribution in [-0.4, -0.2) is 19.9 Å². The summed E-state index contributed by atoms with van der Waals surface area (Å²) in [6.07, 6.45) is 0. The first-order valence-electron chi connectivity index (χ1n) is 16.1. The van der Waals surface area contributed by atoms with E-state index in [1.165, 1.54) is 16.3 Å². The predicted octanol–water partition coefficient (Wildman–Crippen LogP) is 11.1. The van der Waals surface area contributed by atoms with Gasteiger partial charge in [0.05, 0.1) is 11.2 Å². The van der Waals surface area contributed by atoms with Crippen LogP contribution in [-0.2, 0) is 0 Å². The number of rotatable bonds is 5. The summed E-state index contributed by atoms with van der Waals surface area (Å²) in [6, 6.07) is 58.7. The van der Waals surface area contributed by atoms with Crippen molar-refractivity contribution in [2.45, 2.75) is 0 Å². The number of hydrogen-bond donors (Lipinski definition) is 0. The van der Waals surface area contributed by atoms with Crippen LogP contribution in [0, 0.1) is 0 Å². The minimum Gasteiger partial charge on any atom is -0.246 e. The van der Waals surface area contributed by atoms with E-state index >= 15 is 0 Å². The van der Waals surface area contributed by atoms with Crippen molar-refractivity contribution in [1.82, 2.24) is 19.9 Å². The lowest BCUT2D eigenvalue weighted by Gasteiger charge is -2.13. The summed E-state index contributed by atoms with van der Waals surface area (Å²) in [4.78, 5) is 20.2. The van der Waals surface area contributed by atoms with Gasteiger partial charge in [0.15, 0.2) is 17.5 Å². The van der Waals surface area contributed by atoms with E-state index in [0.29, 0.717) is 17.5 Å². The minimum absolute atomic E-state index is 0.625. The number of pyridine rings is 1. The van der Waals surface area contributed by atoms with Gasteiger partial charge in [0, 0.05) is 38.4 Å². The summed E-state index contributed by atoms with van der Waals surface area (Å²) >= 11 is 0. The van der Waals surface area contributed by atoms with E-state index in [1.807, 2.05) is 36.4 Å². The lowest BCUT2D eigenvalue weighted by atomic mass is 9.97. The first-order chi connectivity index (χ1) is 23.8. The zero-order valence-electron chi connectivity index (χ0n) is 26.0. The summed E-state index contributed by atoms with van der Waals surface area (Å²) in [5, 5.41) is 5.82. The molecule has 0 atom stereocenters. The van der Waals surface area contributed by atoms with E-state index in [2.05, 4.69) is 133 Å². The molecule has 0 saturated heterocycles. The van der Waals surface area contributed by atoms with Crippen LogP contribution in [0.5, 0.6) is 0 Å². The molecular formula is C44H28N4. The Balaban J connectivity index is 1.15. The molecule has 0 unspecified atom stereocenters. The molecular weight excluding hydrogens is 585 g/mol. The fraction of sp³-hybridized carbons (Fsp3) is 0. The monoisotopic (exact) mass is 612 g/mol. The van der Waals surface area contributed by atoms with Crippen LogP contribution < -0.4 is 0 Å². The molecule has 0 amide bonds. The molecule has 0 bridgehead atoms. The highest BCUT2D eigenvalue weighted by atomic mass is 15.0. The van der Waals surface area contributed by atoms with Gasteiger partial charge in [-0.05, 0) is 21.9 Å². The van der Waals surface area contributed by atoms with E-state index in [1.54, 1.807) is 0 Å². The Kier molecular flexibility index (Phi) is 6.76. The van der Waals surface area contributed by atoms with Crippen LogP contribution in [0.15, 0.2) is 170 Å². The SMILES string of the molecule is c1ccc(-c2ccc(-c3nc(-c4ccccc4)nc(-c4ccc(-c5nc6c7ccccc7ccc6c6ccccc56)cc4)n3)cc2)cc1. The summed E-state index contributed by atoms with van der Waals surface area (Å²) in [5.41, 5.74) is 8.13. The normalized spacial score (nSPS) is 11.3. The Hall–Kier alpha value is -6.52. The van der Waals surface area contributed by atoms with Gasteiger partial charge in [-0.3, -0.25) is 0 Å². The molecule has 224 valence electrons. The predicted molar refractivity (Wildman–Crippen MR) is 197 cm³/mol. The van der Waals surface area contributed by atoms with Gasteiger partial charge in [0.1, 0.15) is 0 Å². The molecule has 2 heterocycles. The highest BCUT2D eigenvalue weighted by Gasteiger charge is 2.15. The second kappa shape index (κ2) is 11.7. The van der Waals surface area contributed by atoms with Crippen molar-refractivity contribution >= 4 is 32.4 Å². The van der Waals surface area contributed by atoms with Crippen molar-refractivity contribution in [3.63, 3.8) is 0 Å². The second-order valence-electron chi connectivity index (χ2n) is 11.9. The quantitative estimate of drug-likeness (QED) is 0.181. The number of fused-ring (bicyclic) bond motifs is 5. The van der Waals surface area contributed by atoms with E-state index in [0.717, 1.165) is 55.2 Å². The van der Waals surface area contributed by atoms with Gasteiger partial charge in [-0.25, -0.2) is 19.9 Å². The maximum absolute atomic E-state index is 5.30. The van der Waals surface area contributed by atoms with Crippen molar-refractivity contribution in [3.8, 4) is 56.5 Å². The first-order valence-corrected chi connectivity index (χ1v) is 16.1. The molecule has 4 heteroatoms. The first kappa shape index (κ1) is 27.8. The summed E-state index contributed by atoms with van der Waals surface area (Å²) in [5.74, 6) is 1.90. The lowest BCUT2D eigenvalue weighted by Crippen LogP contribution is -2.00. The van der Waals surface area contributed by atoms with E-state index in [4.69, 9.17) is 19.9 Å². The molecule has 0 fully saturated rings. The van der Waals surface area contributed by atoms with Gasteiger partial charge in [0.2, 0.25) is 0 Å². The van der Waals surface area contributed by atoms with Gasteiger partial charge in [-0.1, -0.05) is 170 Å². The van der Waals surface area contributed by atoms with Crippen molar-refractivity contribution in [3.05, 3.63) is 170 Å². The van der Waals surface area contributed by atoms with Crippen LogP contribution >= 0.6 is 0 Å². The average molecular weight is 613 g/mol. The number of benzene rings is 7. The molecule has 0 spiro atoms. The van der Waals surface area contributed by atoms with Crippen LogP contribution in [0.4, 0.5) is 0 Å². The van der Waals surface area contributed by atoms with E-state index in [9.17, 15) is 0 Å². The van der Waals surface area contributed by atoms with E-state index < -0.39 is 0 Å². The van der Waals surface area contributed by atoms with Gasteiger partial charge < -0.3 is 0 Å². The molecule has 0 N–H and O–H groups in total. The summed E-state index contributed by atoms with van der Waals surface area (Å²) in [6.45, 7) is 0. The standard InChI is InChI=1S/C44H28N4/c1-3-11-29(12-4-1)30-19-23-34(24-20-30)43-46-42(33-14-5-2-6-15-33)47-44(48-43)35-25-21-32(22-26-35)40-38-18-10-9-17-37(38)39-28-27-31-13-7-8-16-36(31)41(39)45-40/h1-28H. The average Bonchev–Trinajstić information content (AvgIpc) is 3.18. The molecule has 4 nitrogen and oxygen atoms in total. The molecule has 9 aromatic rings. The molecule has 2 aromatic heterocycles. The van der Waals surface area contributed by atoms with Crippen molar-refractivity contribution < 1.29 is 0 Å². The molecule has 48 heavy (non-hydrogen) atoms. The summed E-state index contributed by atoms with van der Waals surface area (Å²) < 4.78 is 0. The van der Waals surface area contributed by atoms with Crippen molar-refractivity contribution in [2.24, 2.45) is 0 Å². The maximum atomic E-state index is 5.30. The molecule has 0 aliphatic rings. The lowest BCUT2D eigenvalue weighted by molar-refractivity contribution is 1.07. The van der Waals surface area contributed by atoms with Crippen LogP contribution in [0.25, 0.3) is 89.0 Å². The third-order valence-corrected chi connectivity index (χ3v) is 8.93. The highest BCUT2D eigenvalue weighted by Crippen LogP contribution is 2.36. The Morgan fingerprint density at radius 1 is 0.250 bits per heavy atom. The minimum atomic E-state index is 0.625. The Bertz CT molecular complexity index is 2580. The largest absolute Gasteiger partial charge is 0.246 e. The highest BCUT2D eigenvalue weighted by molar-refractivity contribution is 6.18. The molecule has 9 rings (SSSR count). The van der Waals surface area contributed by atoms with Gasteiger partial charge in [0.25, 0.3) is 0 Å². The zero-order chi connectivity index (χ0) is 31.9. The number of aromatic nitrogens is 4. The Morgan fingerprint density at radius 3 is 1.31 bits per heavy atom. The molecule has 0 saturated carbocycles. The Labute approximate surface area is 278 Å². The zero-order valence-corrected chi connectivity index (χ0v) is 26.0. The van der Waals surface area contributed by atoms with Crippen LogP contribution in [0.2, 0.25) is 0 Å². The third-order valence-electron chi connectivity index (χ3n) is 8.93. The van der Waals surface area contributed by atoms with Crippen LogP contribution in [0.3, 0.4) is 0 Å². The van der Waals surface area contributed by atoms with Gasteiger partial charge in [-0.2, -0.15) is 0 Å². The smallest absolute Gasteiger partial charge is 0.164 e. The number of nitrogens with zero attached hydrogens (tertiary/aromatic N) is 4. The summed E-state index contributed by atoms with van der Waals surface area (Å²) in [7, 11) is 0. The number of hydrogen-bond acceptors (Lipinski definition) is 4. The Morgan fingerprint density at radius 2 is 0.688 bits per heavy atom. The molecule has 0 radical (unpaired) electrons. The molecule has 0 aliphatic carbocycles. The van der Waals surface area contributed by atoms with Crippen molar-refractivity contribution in [2.75, 3.05) is 0 Å². The maximum Gasteiger partial charge on any atom is 0.164 e.